The van der Waals surface area contributed by atoms with Gasteiger partial charge in [0.25, 0.3) is 0 Å². The number of esters is 1. The summed E-state index contributed by atoms with van der Waals surface area (Å²) < 4.78 is 31.1. The number of hydrogen-bond acceptors (Lipinski definition) is 4. The van der Waals surface area contributed by atoms with Gasteiger partial charge in [-0.2, -0.15) is 0 Å². The van der Waals surface area contributed by atoms with Gasteiger partial charge in [-0.1, -0.05) is 40.2 Å². The fourth-order valence-electron chi connectivity index (χ4n) is 1.76. The van der Waals surface area contributed by atoms with Crippen LogP contribution in [0.1, 0.15) is 15.9 Å². The Morgan fingerprint density at radius 3 is 2.41 bits per heavy atom. The van der Waals surface area contributed by atoms with E-state index in [9.17, 15) is 13.2 Å². The highest BCUT2D eigenvalue weighted by Crippen LogP contribution is 2.18. The van der Waals surface area contributed by atoms with Gasteiger partial charge in [0.15, 0.2) is 0 Å². The van der Waals surface area contributed by atoms with Crippen molar-refractivity contribution >= 4 is 37.6 Å². The number of carbonyl (C=O) groups is 1. The fourth-order valence-corrected chi connectivity index (χ4v) is 2.60. The van der Waals surface area contributed by atoms with Crippen molar-refractivity contribution in [3.8, 4) is 0 Å². The smallest absolute Gasteiger partial charge is 0.340 e. The second kappa shape index (κ2) is 6.93. The van der Waals surface area contributed by atoms with Crippen LogP contribution in [-0.2, 0) is 21.4 Å². The number of para-hydroxylation sites is 1. The second-order valence-electron chi connectivity index (χ2n) is 4.62. The minimum absolute atomic E-state index is 0.110. The molecular weight excluding hydrogens is 370 g/mol. The highest BCUT2D eigenvalue weighted by molar-refractivity contribution is 9.10. The molecule has 0 amide bonds. The molecule has 0 bridgehead atoms. The largest absolute Gasteiger partial charge is 0.457 e. The average Bonchev–Trinajstić information content (AvgIpc) is 2.45. The number of carbonyl (C=O) groups excluding carboxylic acids is 1. The number of halogens is 1. The predicted octanol–water partition coefficient (Wildman–Crippen LogP) is 3.18. The van der Waals surface area contributed by atoms with Gasteiger partial charge in [0.05, 0.1) is 17.5 Å². The molecule has 0 saturated heterocycles. The Labute approximate surface area is 137 Å². The van der Waals surface area contributed by atoms with Crippen LogP contribution in [0, 0.1) is 0 Å². The molecule has 0 aliphatic heterocycles. The molecule has 7 heteroatoms. The van der Waals surface area contributed by atoms with Crippen LogP contribution in [-0.4, -0.2) is 20.6 Å². The quantitative estimate of drug-likeness (QED) is 0.804. The van der Waals surface area contributed by atoms with E-state index in [0.29, 0.717) is 0 Å². The van der Waals surface area contributed by atoms with E-state index in [-0.39, 0.29) is 17.9 Å². The SMILES string of the molecule is CS(=O)(=O)Nc1ccccc1C(=O)OCc1ccc(Br)cc1. The normalized spacial score (nSPS) is 11.0. The van der Waals surface area contributed by atoms with E-state index < -0.39 is 16.0 Å². The molecule has 0 fully saturated rings. The molecule has 2 aromatic rings. The Balaban J connectivity index is 2.11. The highest BCUT2D eigenvalue weighted by Gasteiger charge is 2.15. The van der Waals surface area contributed by atoms with Gasteiger partial charge in [-0.25, -0.2) is 13.2 Å². The van der Waals surface area contributed by atoms with E-state index in [2.05, 4.69) is 20.7 Å². The van der Waals surface area contributed by atoms with Crippen LogP contribution in [0.2, 0.25) is 0 Å². The summed E-state index contributed by atoms with van der Waals surface area (Å²) in [5, 5.41) is 0. The van der Waals surface area contributed by atoms with Crippen molar-refractivity contribution in [1.82, 2.24) is 0 Å². The minimum atomic E-state index is -3.47. The number of nitrogens with one attached hydrogen (secondary N) is 1. The molecule has 0 spiro atoms. The lowest BCUT2D eigenvalue weighted by atomic mass is 10.2. The first-order chi connectivity index (χ1) is 10.3. The van der Waals surface area contributed by atoms with E-state index in [0.717, 1.165) is 16.3 Å². The number of rotatable bonds is 5. The van der Waals surface area contributed by atoms with Crippen LogP contribution < -0.4 is 4.72 Å². The molecule has 2 aromatic carbocycles. The van der Waals surface area contributed by atoms with E-state index in [4.69, 9.17) is 4.74 Å². The van der Waals surface area contributed by atoms with Gasteiger partial charge in [-0.15, -0.1) is 0 Å². The van der Waals surface area contributed by atoms with Crippen molar-refractivity contribution in [2.24, 2.45) is 0 Å². The third-order valence-corrected chi connectivity index (χ3v) is 3.84. The summed E-state index contributed by atoms with van der Waals surface area (Å²) in [6.07, 6.45) is 1.02. The van der Waals surface area contributed by atoms with Gasteiger partial charge in [-0.3, -0.25) is 4.72 Å². The number of anilines is 1. The maximum absolute atomic E-state index is 12.1. The van der Waals surface area contributed by atoms with Crippen LogP contribution in [0.15, 0.2) is 53.0 Å². The van der Waals surface area contributed by atoms with Crippen molar-refractivity contribution in [2.75, 3.05) is 11.0 Å². The molecule has 1 N–H and O–H groups in total. The second-order valence-corrected chi connectivity index (χ2v) is 7.29. The molecule has 0 aliphatic carbocycles. The molecule has 22 heavy (non-hydrogen) atoms. The fraction of sp³-hybridized carbons (Fsp3) is 0.133. The van der Waals surface area contributed by atoms with Crippen LogP contribution in [0.5, 0.6) is 0 Å². The lowest BCUT2D eigenvalue weighted by Crippen LogP contribution is -2.14. The Kier molecular flexibility index (Phi) is 5.20. The van der Waals surface area contributed by atoms with Crippen molar-refractivity contribution in [1.29, 1.82) is 0 Å². The summed E-state index contributed by atoms with van der Waals surface area (Å²) in [6.45, 7) is 0.110. The first kappa shape index (κ1) is 16.5. The summed E-state index contributed by atoms with van der Waals surface area (Å²) in [5.41, 5.74) is 1.21. The summed E-state index contributed by atoms with van der Waals surface area (Å²) >= 11 is 3.33. The third kappa shape index (κ3) is 4.85. The molecule has 0 aliphatic rings. The molecule has 5 nitrogen and oxygen atoms in total. The molecule has 0 heterocycles. The monoisotopic (exact) mass is 383 g/mol. The molecule has 116 valence electrons. The molecular formula is C15H14BrNO4S. The first-order valence-corrected chi connectivity index (χ1v) is 9.02. The summed E-state index contributed by atoms with van der Waals surface area (Å²) in [6, 6.07) is 13.7. The number of hydrogen-bond donors (Lipinski definition) is 1. The van der Waals surface area contributed by atoms with Gasteiger partial charge in [0.1, 0.15) is 6.61 Å². The van der Waals surface area contributed by atoms with Crippen LogP contribution >= 0.6 is 15.9 Å². The summed E-state index contributed by atoms with van der Waals surface area (Å²) in [4.78, 5) is 12.1. The zero-order valence-corrected chi connectivity index (χ0v) is 14.1. The van der Waals surface area contributed by atoms with Crippen molar-refractivity contribution < 1.29 is 17.9 Å². The lowest BCUT2D eigenvalue weighted by molar-refractivity contribution is 0.0474. The Bertz CT molecular complexity index is 772. The molecule has 0 unspecified atom stereocenters. The zero-order valence-electron chi connectivity index (χ0n) is 11.7. The maximum atomic E-state index is 12.1. The minimum Gasteiger partial charge on any atom is -0.457 e. The average molecular weight is 384 g/mol. The third-order valence-electron chi connectivity index (χ3n) is 2.73. The summed E-state index contributed by atoms with van der Waals surface area (Å²) in [7, 11) is -3.47. The predicted molar refractivity (Wildman–Crippen MR) is 88.2 cm³/mol. The zero-order chi connectivity index (χ0) is 16.2. The molecule has 0 aromatic heterocycles. The topological polar surface area (TPSA) is 72.5 Å². The van der Waals surface area contributed by atoms with Gasteiger partial charge in [-0.05, 0) is 29.8 Å². The maximum Gasteiger partial charge on any atom is 0.340 e. The van der Waals surface area contributed by atoms with Gasteiger partial charge in [0, 0.05) is 4.47 Å². The van der Waals surface area contributed by atoms with Gasteiger partial charge in [0.2, 0.25) is 10.0 Å². The van der Waals surface area contributed by atoms with Gasteiger partial charge < -0.3 is 4.74 Å². The Hall–Kier alpha value is -1.86. The lowest BCUT2D eigenvalue weighted by Gasteiger charge is -2.10. The Morgan fingerprint density at radius 2 is 1.77 bits per heavy atom. The van der Waals surface area contributed by atoms with E-state index in [1.54, 1.807) is 12.1 Å². The molecule has 0 radical (unpaired) electrons. The van der Waals surface area contributed by atoms with E-state index in [1.165, 1.54) is 12.1 Å². The Morgan fingerprint density at radius 1 is 1.14 bits per heavy atom. The van der Waals surface area contributed by atoms with Gasteiger partial charge >= 0.3 is 5.97 Å². The number of sulfonamides is 1. The van der Waals surface area contributed by atoms with Crippen LogP contribution in [0.25, 0.3) is 0 Å². The van der Waals surface area contributed by atoms with Crippen LogP contribution in [0.3, 0.4) is 0 Å². The molecule has 0 atom stereocenters. The van der Waals surface area contributed by atoms with Crippen LogP contribution in [0.4, 0.5) is 5.69 Å². The summed E-state index contributed by atoms with van der Waals surface area (Å²) in [5.74, 6) is -0.588. The number of ether oxygens (including phenoxy) is 1. The first-order valence-electron chi connectivity index (χ1n) is 6.33. The molecule has 2 rings (SSSR count). The standard InChI is InChI=1S/C15H14BrNO4S/c1-22(19,20)17-14-5-3-2-4-13(14)15(18)21-10-11-6-8-12(16)9-7-11/h2-9,17H,10H2,1H3. The van der Waals surface area contributed by atoms with Crippen molar-refractivity contribution in [2.45, 2.75) is 6.61 Å². The van der Waals surface area contributed by atoms with E-state index >= 15 is 0 Å². The van der Waals surface area contributed by atoms with Crippen molar-refractivity contribution in [3.63, 3.8) is 0 Å². The van der Waals surface area contributed by atoms with E-state index in [1.807, 2.05) is 24.3 Å². The van der Waals surface area contributed by atoms with Crippen molar-refractivity contribution in [3.05, 3.63) is 64.1 Å². The number of benzene rings is 2. The molecule has 0 saturated carbocycles. The highest BCUT2D eigenvalue weighted by atomic mass is 79.9.